The lowest BCUT2D eigenvalue weighted by atomic mass is 10.0. The number of anilines is 1. The van der Waals surface area contributed by atoms with Gasteiger partial charge in [0.2, 0.25) is 0 Å². The molecule has 3 heterocycles. The summed E-state index contributed by atoms with van der Waals surface area (Å²) < 4.78 is 1.21. The largest absolute Gasteiger partial charge is 0.374 e. The van der Waals surface area contributed by atoms with Gasteiger partial charge in [0.1, 0.15) is 16.1 Å². The monoisotopic (exact) mass is 331 g/mol. The van der Waals surface area contributed by atoms with Crippen LogP contribution >= 0.6 is 23.1 Å². The predicted molar refractivity (Wildman–Crippen MR) is 94.7 cm³/mol. The third-order valence-corrected chi connectivity index (χ3v) is 6.45. The number of carbonyl (C=O) groups excluding carboxylic acids is 1. The van der Waals surface area contributed by atoms with Crippen molar-refractivity contribution in [2.75, 3.05) is 24.2 Å². The number of benzene rings is 1. The van der Waals surface area contributed by atoms with Crippen LogP contribution in [0, 0.1) is 0 Å². The highest BCUT2D eigenvalue weighted by Crippen LogP contribution is 2.35. The molecule has 0 bridgehead atoms. The van der Waals surface area contributed by atoms with E-state index in [0.29, 0.717) is 0 Å². The van der Waals surface area contributed by atoms with E-state index in [1.165, 1.54) is 22.4 Å². The molecule has 0 fully saturated rings. The zero-order valence-electron chi connectivity index (χ0n) is 12.6. The molecule has 2 aliphatic rings. The van der Waals surface area contributed by atoms with E-state index in [2.05, 4.69) is 29.1 Å². The van der Waals surface area contributed by atoms with Gasteiger partial charge in [0.05, 0.1) is 10.2 Å². The highest BCUT2D eigenvalue weighted by atomic mass is 32.2. The van der Waals surface area contributed by atoms with Crippen molar-refractivity contribution in [1.29, 1.82) is 0 Å². The molecule has 2 aliphatic heterocycles. The van der Waals surface area contributed by atoms with Crippen molar-refractivity contribution < 1.29 is 4.79 Å². The Balaban J connectivity index is 1.75. The topological polar surface area (TPSA) is 45.6 Å². The molecule has 0 saturated heterocycles. The van der Waals surface area contributed by atoms with Crippen molar-refractivity contribution >= 4 is 49.8 Å². The molecule has 114 valence electrons. The normalized spacial score (nSPS) is 21.1. The van der Waals surface area contributed by atoms with Crippen molar-refractivity contribution in [3.63, 3.8) is 0 Å². The molecule has 2 aromatic rings. The fourth-order valence-electron chi connectivity index (χ4n) is 2.98. The zero-order valence-corrected chi connectivity index (χ0v) is 14.3. The second kappa shape index (κ2) is 5.35. The summed E-state index contributed by atoms with van der Waals surface area (Å²) in [4.78, 5) is 23.1. The Bertz CT molecular complexity index is 796. The maximum absolute atomic E-state index is 11.5. The maximum atomic E-state index is 11.5. The SMILES string of the molecule is CC(=O)[C@H]1CSC(c2nc3cc4c(cc3s2)N(C)CCC4)=N1. The lowest BCUT2D eigenvalue weighted by Gasteiger charge is -2.27. The van der Waals surface area contributed by atoms with E-state index in [4.69, 9.17) is 4.98 Å². The number of thioether (sulfide) groups is 1. The van der Waals surface area contributed by atoms with Crippen LogP contribution in [0.3, 0.4) is 0 Å². The second-order valence-corrected chi connectivity index (χ2v) is 7.90. The third-order valence-electron chi connectivity index (χ3n) is 4.24. The van der Waals surface area contributed by atoms with Crippen LogP contribution in [0.5, 0.6) is 0 Å². The van der Waals surface area contributed by atoms with Gasteiger partial charge in [-0.05, 0) is 37.5 Å². The summed E-state index contributed by atoms with van der Waals surface area (Å²) in [6.07, 6.45) is 2.33. The van der Waals surface area contributed by atoms with Gasteiger partial charge in [0.15, 0.2) is 5.78 Å². The Morgan fingerprint density at radius 2 is 2.27 bits per heavy atom. The van der Waals surface area contributed by atoms with Crippen molar-refractivity contribution in [3.05, 3.63) is 22.7 Å². The average Bonchev–Trinajstić information content (AvgIpc) is 3.12. The molecular weight excluding hydrogens is 314 g/mol. The van der Waals surface area contributed by atoms with E-state index >= 15 is 0 Å². The molecule has 4 nitrogen and oxygen atoms in total. The van der Waals surface area contributed by atoms with E-state index in [9.17, 15) is 4.79 Å². The summed E-state index contributed by atoms with van der Waals surface area (Å²) in [5.74, 6) is 0.889. The molecule has 0 aliphatic carbocycles. The molecule has 0 radical (unpaired) electrons. The number of hydrogen-bond acceptors (Lipinski definition) is 6. The van der Waals surface area contributed by atoms with Crippen molar-refractivity contribution in [2.45, 2.75) is 25.8 Å². The van der Waals surface area contributed by atoms with E-state index in [1.807, 2.05) is 0 Å². The summed E-state index contributed by atoms with van der Waals surface area (Å²) >= 11 is 3.33. The highest BCUT2D eigenvalue weighted by Gasteiger charge is 2.25. The standard InChI is InChI=1S/C16H17N3OS2/c1-9(20)12-8-21-15(18-12)16-17-11-6-10-4-3-5-19(2)13(10)7-14(11)22-16/h6-7,12H,3-5,8H2,1-2H3/t12-/m1/s1. The van der Waals surface area contributed by atoms with Gasteiger partial charge in [-0.2, -0.15) is 0 Å². The van der Waals surface area contributed by atoms with Crippen LogP contribution in [-0.4, -0.2) is 41.2 Å². The molecule has 1 aromatic heterocycles. The van der Waals surface area contributed by atoms with E-state index < -0.39 is 0 Å². The van der Waals surface area contributed by atoms with Crippen LogP contribution < -0.4 is 4.90 Å². The minimum atomic E-state index is -0.189. The summed E-state index contributed by atoms with van der Waals surface area (Å²) in [6.45, 7) is 2.73. The number of nitrogens with zero attached hydrogens (tertiary/aromatic N) is 3. The number of rotatable bonds is 2. The average molecular weight is 331 g/mol. The van der Waals surface area contributed by atoms with Crippen LogP contribution in [0.4, 0.5) is 5.69 Å². The van der Waals surface area contributed by atoms with Gasteiger partial charge in [0.25, 0.3) is 0 Å². The molecule has 1 atom stereocenters. The van der Waals surface area contributed by atoms with E-state index in [0.717, 1.165) is 34.3 Å². The number of thiazole rings is 1. The lowest BCUT2D eigenvalue weighted by Crippen LogP contribution is -2.24. The molecule has 0 unspecified atom stereocenters. The Morgan fingerprint density at radius 3 is 3.05 bits per heavy atom. The molecule has 0 N–H and O–H groups in total. The summed E-state index contributed by atoms with van der Waals surface area (Å²) in [6, 6.07) is 4.29. The minimum Gasteiger partial charge on any atom is -0.374 e. The van der Waals surface area contributed by atoms with Crippen LogP contribution in [0.15, 0.2) is 17.1 Å². The molecular formula is C16H17N3OS2. The quantitative estimate of drug-likeness (QED) is 0.848. The molecule has 22 heavy (non-hydrogen) atoms. The van der Waals surface area contributed by atoms with Gasteiger partial charge in [-0.1, -0.05) is 0 Å². The Kier molecular flexibility index (Phi) is 3.46. The number of fused-ring (bicyclic) bond motifs is 2. The van der Waals surface area contributed by atoms with Crippen LogP contribution in [-0.2, 0) is 11.2 Å². The molecule has 0 spiro atoms. The zero-order chi connectivity index (χ0) is 15.3. The highest BCUT2D eigenvalue weighted by molar-refractivity contribution is 8.15. The third kappa shape index (κ3) is 2.34. The smallest absolute Gasteiger partial charge is 0.155 e. The van der Waals surface area contributed by atoms with Crippen molar-refractivity contribution in [3.8, 4) is 0 Å². The fourth-order valence-corrected chi connectivity index (χ4v) is 5.15. The Morgan fingerprint density at radius 1 is 1.41 bits per heavy atom. The number of aryl methyl sites for hydroxylation is 1. The van der Waals surface area contributed by atoms with Gasteiger partial charge < -0.3 is 4.90 Å². The first-order chi connectivity index (χ1) is 10.6. The number of hydrogen-bond donors (Lipinski definition) is 0. The van der Waals surface area contributed by atoms with E-state index in [1.54, 1.807) is 30.0 Å². The number of ketones is 1. The Hall–Kier alpha value is -1.40. The second-order valence-electron chi connectivity index (χ2n) is 5.86. The molecule has 0 saturated carbocycles. The summed E-state index contributed by atoms with van der Waals surface area (Å²) in [7, 11) is 2.15. The predicted octanol–water partition coefficient (Wildman–Crippen LogP) is 3.13. The Labute approximate surface area is 137 Å². The molecule has 4 rings (SSSR count). The minimum absolute atomic E-state index is 0.140. The first-order valence-corrected chi connectivity index (χ1v) is 9.28. The van der Waals surface area contributed by atoms with Gasteiger partial charge >= 0.3 is 0 Å². The number of aromatic nitrogens is 1. The fraction of sp³-hybridized carbons (Fsp3) is 0.438. The molecule has 6 heteroatoms. The molecule has 0 amide bonds. The number of Topliss-reactive ketones (excluding diaryl/α,β-unsaturated/α-hetero) is 1. The van der Waals surface area contributed by atoms with Crippen LogP contribution in [0.2, 0.25) is 0 Å². The van der Waals surface area contributed by atoms with Crippen LogP contribution in [0.25, 0.3) is 10.2 Å². The van der Waals surface area contributed by atoms with Gasteiger partial charge in [-0.15, -0.1) is 23.1 Å². The molecule has 1 aromatic carbocycles. The first-order valence-electron chi connectivity index (χ1n) is 7.48. The summed E-state index contributed by atoms with van der Waals surface area (Å²) in [5, 5.41) is 1.88. The first kappa shape index (κ1) is 14.2. The van der Waals surface area contributed by atoms with Crippen molar-refractivity contribution in [1.82, 2.24) is 4.98 Å². The van der Waals surface area contributed by atoms with Gasteiger partial charge in [-0.25, -0.2) is 4.98 Å². The maximum Gasteiger partial charge on any atom is 0.155 e. The van der Waals surface area contributed by atoms with Crippen LogP contribution in [0.1, 0.15) is 23.9 Å². The summed E-state index contributed by atoms with van der Waals surface area (Å²) in [5.41, 5.74) is 3.78. The number of aliphatic imine (C=N–C) groups is 1. The number of carbonyl (C=O) groups is 1. The van der Waals surface area contributed by atoms with E-state index in [-0.39, 0.29) is 11.8 Å². The van der Waals surface area contributed by atoms with Gasteiger partial charge in [0, 0.05) is 25.0 Å². The van der Waals surface area contributed by atoms with Crippen molar-refractivity contribution in [2.24, 2.45) is 4.99 Å². The van der Waals surface area contributed by atoms with Gasteiger partial charge in [-0.3, -0.25) is 9.79 Å². The lowest BCUT2D eigenvalue weighted by molar-refractivity contribution is -0.117.